The zero-order valence-corrected chi connectivity index (χ0v) is 24.4. The highest BCUT2D eigenvalue weighted by Crippen LogP contribution is 2.31. The molecule has 17 heteroatoms. The summed E-state index contributed by atoms with van der Waals surface area (Å²) in [5.41, 5.74) is 2.10. The zero-order valence-electron chi connectivity index (χ0n) is 24.4. The van der Waals surface area contributed by atoms with Crippen LogP contribution in [0.1, 0.15) is 33.7 Å². The van der Waals surface area contributed by atoms with Gasteiger partial charge in [-0.3, -0.25) is 14.2 Å². The van der Waals surface area contributed by atoms with E-state index in [9.17, 15) is 31.1 Å². The molecule has 0 aliphatic carbocycles. The van der Waals surface area contributed by atoms with Crippen LogP contribution in [0.3, 0.4) is 0 Å². The van der Waals surface area contributed by atoms with E-state index in [4.69, 9.17) is 15.2 Å². The first-order chi connectivity index (χ1) is 21.6. The second-order valence-corrected chi connectivity index (χ2v) is 9.94. The first kappa shape index (κ1) is 35.2. The number of rotatable bonds is 10. The van der Waals surface area contributed by atoms with E-state index in [1.165, 1.54) is 18.3 Å². The summed E-state index contributed by atoms with van der Waals surface area (Å²) in [6, 6.07) is 11.9. The predicted octanol–water partition coefficient (Wildman–Crippen LogP) is 4.65. The number of nitriles is 1. The molecule has 4 aromatic rings. The van der Waals surface area contributed by atoms with Gasteiger partial charge in [-0.25, -0.2) is 14.8 Å². The van der Waals surface area contributed by atoms with E-state index in [0.29, 0.717) is 60.9 Å². The molecule has 1 aromatic carbocycles. The molecule has 46 heavy (non-hydrogen) atoms. The quantitative estimate of drug-likeness (QED) is 0.165. The standard InChI is InChI=1S/C27H27F3N8O.C2HF3O2/c1-37(2)13-12-32-25(39)23-17-38-24(35-23)14-22(19-6-8-20(9-7-19)27(28,29)30)36-26(38)33-11-3-4-21-10-5-18(15-31)16-34-21;3-2(4,5)1(6)7/h5-10,14,16-17H,3-4,11-13H2,1-2H3,(H,32,39)(H,33,36);(H,6,7). The molecule has 0 radical (unpaired) electrons. The molecule has 3 N–H and O–H groups in total. The van der Waals surface area contributed by atoms with Crippen LogP contribution in [0.5, 0.6) is 0 Å². The van der Waals surface area contributed by atoms with Gasteiger partial charge in [-0.15, -0.1) is 0 Å². The number of carboxylic acids is 1. The number of aryl methyl sites for hydroxylation is 1. The first-order valence-electron chi connectivity index (χ1n) is 13.5. The van der Waals surface area contributed by atoms with Crippen LogP contribution in [0.15, 0.2) is 54.9 Å². The summed E-state index contributed by atoms with van der Waals surface area (Å²) in [5, 5.41) is 22.1. The van der Waals surface area contributed by atoms with Crippen LogP contribution in [0, 0.1) is 11.3 Å². The van der Waals surface area contributed by atoms with Gasteiger partial charge in [-0.2, -0.15) is 31.6 Å². The molecule has 0 aliphatic rings. The van der Waals surface area contributed by atoms with Gasteiger partial charge in [0.1, 0.15) is 17.4 Å². The number of likely N-dealkylation sites (N-methyl/N-ethyl adjacent to an activating group) is 1. The number of anilines is 1. The molecule has 1 amide bonds. The van der Waals surface area contributed by atoms with E-state index in [1.807, 2.05) is 25.1 Å². The highest BCUT2D eigenvalue weighted by atomic mass is 19.4. The molecule has 3 heterocycles. The largest absolute Gasteiger partial charge is 0.490 e. The van der Waals surface area contributed by atoms with Crippen molar-refractivity contribution in [2.45, 2.75) is 25.2 Å². The smallest absolute Gasteiger partial charge is 0.475 e. The number of pyridine rings is 1. The Kier molecular flexibility index (Phi) is 11.6. The lowest BCUT2D eigenvalue weighted by Gasteiger charge is -2.11. The van der Waals surface area contributed by atoms with Gasteiger partial charge < -0.3 is 20.6 Å². The third-order valence-electron chi connectivity index (χ3n) is 6.13. The molecular weight excluding hydrogens is 622 g/mol. The van der Waals surface area contributed by atoms with Gasteiger partial charge in [0.15, 0.2) is 0 Å². The number of halogens is 6. The number of fused-ring (bicyclic) bond motifs is 1. The van der Waals surface area contributed by atoms with Crippen molar-refractivity contribution in [2.24, 2.45) is 0 Å². The van der Waals surface area contributed by atoms with Gasteiger partial charge in [0.05, 0.1) is 16.8 Å². The summed E-state index contributed by atoms with van der Waals surface area (Å²) in [6.07, 6.45) is -5.07. The number of carbonyl (C=O) groups is 2. The van der Waals surface area contributed by atoms with Crippen molar-refractivity contribution in [1.29, 1.82) is 5.26 Å². The number of amides is 1. The van der Waals surface area contributed by atoms with Crippen LogP contribution in [0.2, 0.25) is 0 Å². The van der Waals surface area contributed by atoms with Gasteiger partial charge in [-0.1, -0.05) is 12.1 Å². The van der Waals surface area contributed by atoms with E-state index in [0.717, 1.165) is 17.8 Å². The minimum absolute atomic E-state index is 0.199. The molecule has 0 bridgehead atoms. The maximum atomic E-state index is 13.0. The lowest BCUT2D eigenvalue weighted by atomic mass is 10.1. The van der Waals surface area contributed by atoms with Crippen LogP contribution in [-0.2, 0) is 17.4 Å². The highest BCUT2D eigenvalue weighted by molar-refractivity contribution is 5.93. The maximum Gasteiger partial charge on any atom is 0.490 e. The summed E-state index contributed by atoms with van der Waals surface area (Å²) in [7, 11) is 3.81. The van der Waals surface area contributed by atoms with Crippen LogP contribution in [-0.4, -0.2) is 81.1 Å². The average Bonchev–Trinajstić information content (AvgIpc) is 3.43. The number of hydrogen-bond acceptors (Lipinski definition) is 8. The van der Waals surface area contributed by atoms with Crippen molar-refractivity contribution < 1.29 is 41.0 Å². The lowest BCUT2D eigenvalue weighted by molar-refractivity contribution is -0.192. The molecule has 0 fully saturated rings. The summed E-state index contributed by atoms with van der Waals surface area (Å²) in [4.78, 5) is 36.9. The Bertz CT molecular complexity index is 1680. The molecule has 0 aliphatic heterocycles. The topological polar surface area (TPSA) is 149 Å². The fourth-order valence-corrected chi connectivity index (χ4v) is 3.79. The zero-order chi connectivity index (χ0) is 34.1. The first-order valence-corrected chi connectivity index (χ1v) is 13.5. The molecule has 0 unspecified atom stereocenters. The summed E-state index contributed by atoms with van der Waals surface area (Å²) in [5.74, 6) is -2.70. The monoisotopic (exact) mass is 650 g/mol. The number of alkyl halides is 6. The molecule has 0 spiro atoms. The number of benzene rings is 1. The molecule has 0 saturated heterocycles. The molecule has 11 nitrogen and oxygen atoms in total. The number of carbonyl (C=O) groups excluding carboxylic acids is 1. The number of aromatic nitrogens is 4. The number of nitrogens with one attached hydrogen (secondary N) is 2. The average molecular weight is 651 g/mol. The summed E-state index contributed by atoms with van der Waals surface area (Å²) < 4.78 is 72.5. The van der Waals surface area contributed by atoms with Crippen molar-refractivity contribution in [1.82, 2.24) is 29.6 Å². The van der Waals surface area contributed by atoms with Crippen molar-refractivity contribution in [3.05, 3.63) is 77.4 Å². The van der Waals surface area contributed by atoms with Crippen molar-refractivity contribution in [3.63, 3.8) is 0 Å². The Morgan fingerprint density at radius 3 is 2.24 bits per heavy atom. The van der Waals surface area contributed by atoms with E-state index in [-0.39, 0.29) is 11.6 Å². The predicted molar refractivity (Wildman–Crippen MR) is 154 cm³/mol. The number of imidazole rings is 1. The van der Waals surface area contributed by atoms with Crippen molar-refractivity contribution >= 4 is 23.5 Å². The van der Waals surface area contributed by atoms with Gasteiger partial charge in [0.2, 0.25) is 5.95 Å². The third kappa shape index (κ3) is 10.2. The molecule has 0 atom stereocenters. The Labute approximate surface area is 258 Å². The third-order valence-corrected chi connectivity index (χ3v) is 6.13. The molecule has 3 aromatic heterocycles. The number of carboxylic acid groups (broad SMARTS) is 1. The minimum atomic E-state index is -5.08. The van der Waals surface area contributed by atoms with E-state index < -0.39 is 23.9 Å². The second-order valence-electron chi connectivity index (χ2n) is 9.94. The van der Waals surface area contributed by atoms with Crippen LogP contribution < -0.4 is 10.6 Å². The Hall–Kier alpha value is -5.24. The molecule has 244 valence electrons. The normalized spacial score (nSPS) is 11.5. The van der Waals surface area contributed by atoms with E-state index >= 15 is 0 Å². The van der Waals surface area contributed by atoms with Gasteiger partial charge in [0.25, 0.3) is 5.91 Å². The molecular formula is C29H28F6N8O3. The second kappa shape index (κ2) is 15.2. The summed E-state index contributed by atoms with van der Waals surface area (Å²) >= 11 is 0. The van der Waals surface area contributed by atoms with Crippen molar-refractivity contribution in [2.75, 3.05) is 39.0 Å². The van der Waals surface area contributed by atoms with Gasteiger partial charge in [0, 0.05) is 49.4 Å². The molecule has 0 saturated carbocycles. The number of hydrogen-bond donors (Lipinski definition) is 3. The fraction of sp³-hybridized carbons (Fsp3) is 0.310. The van der Waals surface area contributed by atoms with E-state index in [1.54, 1.807) is 28.8 Å². The lowest BCUT2D eigenvalue weighted by Crippen LogP contribution is -2.31. The van der Waals surface area contributed by atoms with Crippen molar-refractivity contribution in [3.8, 4) is 17.3 Å². The minimum Gasteiger partial charge on any atom is -0.475 e. The Morgan fingerprint density at radius 2 is 1.70 bits per heavy atom. The van der Waals surface area contributed by atoms with Gasteiger partial charge in [-0.05, 0) is 51.2 Å². The fourth-order valence-electron chi connectivity index (χ4n) is 3.79. The van der Waals surface area contributed by atoms with Crippen LogP contribution in [0.25, 0.3) is 16.9 Å². The van der Waals surface area contributed by atoms with Gasteiger partial charge >= 0.3 is 18.3 Å². The van der Waals surface area contributed by atoms with E-state index in [2.05, 4.69) is 25.6 Å². The SMILES string of the molecule is CN(C)CCNC(=O)c1cn2c(NCCCc3ccc(C#N)cn3)nc(-c3ccc(C(F)(F)F)cc3)cc2n1.O=C(O)C(F)(F)F. The number of nitrogens with zero attached hydrogens (tertiary/aromatic N) is 6. The maximum absolute atomic E-state index is 13.0. The Morgan fingerprint density at radius 1 is 1.02 bits per heavy atom. The van der Waals surface area contributed by atoms with Crippen LogP contribution >= 0.6 is 0 Å². The summed E-state index contributed by atoms with van der Waals surface area (Å²) in [6.45, 7) is 1.62. The van der Waals surface area contributed by atoms with Crippen LogP contribution in [0.4, 0.5) is 32.3 Å². The Balaban J connectivity index is 0.000000738. The number of aliphatic carboxylic acids is 1. The highest BCUT2D eigenvalue weighted by Gasteiger charge is 2.38. The molecule has 4 rings (SSSR count).